The van der Waals surface area contributed by atoms with Gasteiger partial charge in [-0.05, 0) is 53.2 Å². The van der Waals surface area contributed by atoms with Crippen molar-refractivity contribution >= 4 is 51.4 Å². The molecular formula is C27H27ClF3N5O3S. The zero-order valence-corrected chi connectivity index (χ0v) is 23.3. The highest BCUT2D eigenvalue weighted by atomic mass is 35.5. The molecule has 1 aromatic heterocycles. The number of rotatable bonds is 5. The molecule has 6 rings (SSSR count). The monoisotopic (exact) mass is 593 g/mol. The van der Waals surface area contributed by atoms with E-state index in [4.69, 9.17) is 21.1 Å². The van der Waals surface area contributed by atoms with E-state index in [1.54, 1.807) is 38.6 Å². The molecule has 8 nitrogen and oxygen atoms in total. The smallest absolute Gasteiger partial charge is 0.379 e. The van der Waals surface area contributed by atoms with Crippen LogP contribution in [0.1, 0.15) is 16.7 Å². The molecule has 1 amide bonds. The Morgan fingerprint density at radius 1 is 1.12 bits per heavy atom. The van der Waals surface area contributed by atoms with E-state index >= 15 is 0 Å². The fourth-order valence-electron chi connectivity index (χ4n) is 4.29. The van der Waals surface area contributed by atoms with Crippen LogP contribution in [-0.4, -0.2) is 78.4 Å². The average Bonchev–Trinajstić information content (AvgIpc) is 3.41. The Balaban J connectivity index is 0.000000477. The Morgan fingerprint density at radius 3 is 2.50 bits per heavy atom. The summed E-state index contributed by atoms with van der Waals surface area (Å²) in [6.45, 7) is 3.43. The lowest BCUT2D eigenvalue weighted by Gasteiger charge is -2.38. The first-order valence-corrected chi connectivity index (χ1v) is 13.7. The largest absolute Gasteiger partial charge is 0.416 e. The fraction of sp³-hybridized carbons (Fsp3) is 0.370. The number of halogens is 4. The summed E-state index contributed by atoms with van der Waals surface area (Å²) in [7, 11) is 3.40. The first-order valence-electron chi connectivity index (χ1n) is 12.5. The number of likely N-dealkylation sites (tertiary alicyclic amines) is 1. The van der Waals surface area contributed by atoms with E-state index in [2.05, 4.69) is 15.4 Å². The summed E-state index contributed by atoms with van der Waals surface area (Å²) >= 11 is 7.10. The number of nitrogens with one attached hydrogen (secondary N) is 1. The Hall–Kier alpha value is -2.90. The van der Waals surface area contributed by atoms with Crippen LogP contribution in [0.3, 0.4) is 0 Å². The van der Waals surface area contributed by atoms with Gasteiger partial charge in [0.15, 0.2) is 5.17 Å². The highest BCUT2D eigenvalue weighted by Crippen LogP contribution is 2.35. The highest BCUT2D eigenvalue weighted by molar-refractivity contribution is 8.18. The summed E-state index contributed by atoms with van der Waals surface area (Å²) in [5.74, 6) is -0.293. The maximum absolute atomic E-state index is 13.4. The van der Waals surface area contributed by atoms with Gasteiger partial charge in [0.1, 0.15) is 0 Å². The molecule has 0 bridgehead atoms. The zero-order valence-electron chi connectivity index (χ0n) is 21.7. The van der Waals surface area contributed by atoms with E-state index in [-0.39, 0.29) is 29.1 Å². The molecule has 4 heterocycles. The third-order valence-corrected chi connectivity index (χ3v) is 8.08. The van der Waals surface area contributed by atoms with Gasteiger partial charge in [0.05, 0.1) is 40.9 Å². The number of hydrogen-bond acceptors (Lipinski definition) is 7. The highest BCUT2D eigenvalue weighted by Gasteiger charge is 2.35. The zero-order chi connectivity index (χ0) is 28.4. The summed E-state index contributed by atoms with van der Waals surface area (Å²) in [5, 5.41) is 8.81. The van der Waals surface area contributed by atoms with E-state index in [9.17, 15) is 18.0 Å². The Kier molecular flexibility index (Phi) is 8.52. The van der Waals surface area contributed by atoms with Crippen molar-refractivity contribution in [2.45, 2.75) is 24.9 Å². The fourth-order valence-corrected chi connectivity index (χ4v) is 5.39. The second-order valence-corrected chi connectivity index (χ2v) is 11.0. The SMILES string of the molecule is COC1CN(C2=NC(=O)C(=Cc3ccc4c(cnn4Cc4ccc(Cl)cc4C(F)(F)F)c3)S2)C1.COC1CNC1. The molecule has 2 aromatic carbocycles. The third-order valence-electron chi connectivity index (χ3n) is 6.80. The first kappa shape index (κ1) is 28.6. The van der Waals surface area contributed by atoms with Gasteiger partial charge in [-0.25, -0.2) is 0 Å². The van der Waals surface area contributed by atoms with Gasteiger partial charge >= 0.3 is 6.18 Å². The molecule has 0 unspecified atom stereocenters. The van der Waals surface area contributed by atoms with Crippen LogP contribution in [0.4, 0.5) is 13.2 Å². The lowest BCUT2D eigenvalue weighted by molar-refractivity contribution is -0.138. The van der Waals surface area contributed by atoms with E-state index in [1.165, 1.54) is 28.6 Å². The third kappa shape index (κ3) is 6.36. The van der Waals surface area contributed by atoms with E-state index in [1.807, 2.05) is 11.0 Å². The van der Waals surface area contributed by atoms with Gasteiger partial charge in [0.2, 0.25) is 0 Å². The van der Waals surface area contributed by atoms with Crippen molar-refractivity contribution in [1.82, 2.24) is 20.0 Å². The van der Waals surface area contributed by atoms with Crippen LogP contribution < -0.4 is 5.32 Å². The summed E-state index contributed by atoms with van der Waals surface area (Å²) in [6.07, 6.45) is -0.503. The lowest BCUT2D eigenvalue weighted by atomic mass is 10.1. The minimum atomic E-state index is -4.52. The summed E-state index contributed by atoms with van der Waals surface area (Å²) in [5.41, 5.74) is 0.753. The average molecular weight is 594 g/mol. The molecule has 0 aliphatic carbocycles. The van der Waals surface area contributed by atoms with Crippen molar-refractivity contribution in [1.29, 1.82) is 0 Å². The standard InChI is InChI=1S/C23H18ClF3N4O2S.C4H9NO/c1-33-17-11-30(12-17)22-29-21(32)20(34-22)7-13-2-5-19-15(6-13)9-28-31(19)10-14-3-4-16(24)8-18(14)23(25,26)27;1-6-4-2-5-3-4/h2-9,17H,10-12H2,1H3;4-5H,2-3H2,1H3. The Labute approximate surface area is 238 Å². The summed E-state index contributed by atoms with van der Waals surface area (Å²) in [4.78, 5) is 19.0. The van der Waals surface area contributed by atoms with Crippen LogP contribution in [0.25, 0.3) is 17.0 Å². The maximum atomic E-state index is 13.4. The maximum Gasteiger partial charge on any atom is 0.416 e. The number of benzene rings is 2. The van der Waals surface area contributed by atoms with Gasteiger partial charge in [-0.3, -0.25) is 9.48 Å². The predicted molar refractivity (Wildman–Crippen MR) is 149 cm³/mol. The number of aliphatic imine (C=N–C) groups is 1. The van der Waals surface area contributed by atoms with Crippen LogP contribution in [0.2, 0.25) is 5.02 Å². The number of amides is 1. The van der Waals surface area contributed by atoms with Crippen LogP contribution in [-0.2, 0) is 27.0 Å². The number of fused-ring (bicyclic) bond motifs is 1. The number of hydrogen-bond donors (Lipinski definition) is 1. The van der Waals surface area contributed by atoms with Gasteiger partial charge in [-0.1, -0.05) is 23.7 Å². The molecule has 13 heteroatoms. The molecule has 0 atom stereocenters. The normalized spacial score (nSPS) is 18.9. The molecule has 40 heavy (non-hydrogen) atoms. The molecular weight excluding hydrogens is 567 g/mol. The quantitative estimate of drug-likeness (QED) is 0.431. The molecule has 2 fully saturated rings. The van der Waals surface area contributed by atoms with Crippen LogP contribution in [0.15, 0.2) is 52.5 Å². The lowest BCUT2D eigenvalue weighted by Crippen LogP contribution is -2.53. The number of carbonyl (C=O) groups excluding carboxylic acids is 1. The molecule has 0 saturated carbocycles. The summed E-state index contributed by atoms with van der Waals surface area (Å²) in [6, 6.07) is 9.15. The van der Waals surface area contributed by atoms with Crippen molar-refractivity contribution in [3.63, 3.8) is 0 Å². The van der Waals surface area contributed by atoms with E-state index in [0.717, 1.165) is 30.1 Å². The number of methoxy groups -OCH3 is 2. The van der Waals surface area contributed by atoms with Crippen molar-refractivity contribution in [3.8, 4) is 0 Å². The topological polar surface area (TPSA) is 81.0 Å². The number of carbonyl (C=O) groups is 1. The molecule has 0 radical (unpaired) electrons. The molecule has 212 valence electrons. The van der Waals surface area contributed by atoms with Gasteiger partial charge in [0.25, 0.3) is 5.91 Å². The van der Waals surface area contributed by atoms with Crippen molar-refractivity contribution in [3.05, 3.63) is 69.2 Å². The minimum absolute atomic E-state index is 0.0261. The number of ether oxygens (including phenoxy) is 2. The number of nitrogens with zero attached hydrogens (tertiary/aromatic N) is 4. The number of amidine groups is 1. The van der Waals surface area contributed by atoms with Crippen LogP contribution in [0, 0.1) is 0 Å². The van der Waals surface area contributed by atoms with Gasteiger partial charge < -0.3 is 19.7 Å². The van der Waals surface area contributed by atoms with E-state index < -0.39 is 11.7 Å². The Morgan fingerprint density at radius 2 is 1.88 bits per heavy atom. The number of alkyl halides is 3. The van der Waals surface area contributed by atoms with Gasteiger partial charge in [-0.15, -0.1) is 0 Å². The van der Waals surface area contributed by atoms with Crippen molar-refractivity contribution in [2.24, 2.45) is 4.99 Å². The molecule has 1 N–H and O–H groups in total. The molecule has 3 aromatic rings. The number of thioether (sulfide) groups is 1. The second-order valence-electron chi connectivity index (χ2n) is 9.51. The Bertz CT molecular complexity index is 1460. The van der Waals surface area contributed by atoms with E-state index in [0.29, 0.717) is 34.8 Å². The second kappa shape index (κ2) is 11.9. The summed E-state index contributed by atoms with van der Waals surface area (Å²) < 4.78 is 52.0. The van der Waals surface area contributed by atoms with Gasteiger partial charge in [-0.2, -0.15) is 23.3 Å². The molecule has 2 saturated heterocycles. The predicted octanol–water partition coefficient (Wildman–Crippen LogP) is 4.66. The minimum Gasteiger partial charge on any atom is -0.379 e. The van der Waals surface area contributed by atoms with Gasteiger partial charge in [0, 0.05) is 50.8 Å². The number of aromatic nitrogens is 2. The molecule has 3 aliphatic rings. The van der Waals surface area contributed by atoms with Crippen molar-refractivity contribution < 1.29 is 27.4 Å². The molecule has 0 spiro atoms. The van der Waals surface area contributed by atoms with Crippen LogP contribution in [0.5, 0.6) is 0 Å². The first-order chi connectivity index (χ1) is 19.1. The van der Waals surface area contributed by atoms with Crippen LogP contribution >= 0.6 is 23.4 Å². The molecule has 3 aliphatic heterocycles. The van der Waals surface area contributed by atoms with Crippen molar-refractivity contribution in [2.75, 3.05) is 40.4 Å².